The Morgan fingerprint density at radius 3 is 2.19 bits per heavy atom. The molecule has 1 aromatic carbocycles. The van der Waals surface area contributed by atoms with Crippen LogP contribution >= 0.6 is 0 Å². The highest BCUT2D eigenvalue weighted by Crippen LogP contribution is 2.14. The van der Waals surface area contributed by atoms with E-state index >= 15 is 0 Å². The van der Waals surface area contributed by atoms with E-state index in [9.17, 15) is 13.2 Å². The summed E-state index contributed by atoms with van der Waals surface area (Å²) in [7, 11) is -3.32. The van der Waals surface area contributed by atoms with Crippen molar-refractivity contribution in [3.8, 4) is 0 Å². The van der Waals surface area contributed by atoms with E-state index < -0.39 is 15.1 Å². The van der Waals surface area contributed by atoms with Crippen LogP contribution in [0.15, 0.2) is 18.2 Å². The lowest BCUT2D eigenvalue weighted by Gasteiger charge is -2.09. The first kappa shape index (κ1) is 12.9. The van der Waals surface area contributed by atoms with Gasteiger partial charge in [-0.05, 0) is 38.0 Å². The molecule has 1 rings (SSSR count). The smallest absolute Gasteiger partial charge is 0.180 e. The maximum Gasteiger partial charge on any atom is 0.180 e. The number of hydrogen-bond acceptors (Lipinski definition) is 3. The number of carbonyl (C=O) groups excluding carboxylic acids is 1. The second-order valence-electron chi connectivity index (χ2n) is 4.14. The Kier molecular flexibility index (Phi) is 3.53. The molecule has 0 aliphatic heterocycles. The molecule has 0 aliphatic carbocycles. The SMILES string of the molecule is Cc1ccc(C(=O)C(C)S(C)(=O)=O)cc1C. The highest BCUT2D eigenvalue weighted by Gasteiger charge is 2.24. The van der Waals surface area contributed by atoms with Gasteiger partial charge in [-0.2, -0.15) is 0 Å². The second kappa shape index (κ2) is 4.37. The lowest BCUT2D eigenvalue weighted by molar-refractivity contribution is 0.0991. The molecule has 1 atom stereocenters. The monoisotopic (exact) mass is 240 g/mol. The van der Waals surface area contributed by atoms with Gasteiger partial charge in [-0.25, -0.2) is 8.42 Å². The van der Waals surface area contributed by atoms with Crippen LogP contribution in [0.1, 0.15) is 28.4 Å². The summed E-state index contributed by atoms with van der Waals surface area (Å²) in [4.78, 5) is 11.9. The van der Waals surface area contributed by atoms with Gasteiger partial charge in [0.1, 0.15) is 5.25 Å². The number of sulfone groups is 1. The Balaban J connectivity index is 3.11. The van der Waals surface area contributed by atoms with Crippen molar-refractivity contribution < 1.29 is 13.2 Å². The van der Waals surface area contributed by atoms with E-state index in [0.29, 0.717) is 5.56 Å². The van der Waals surface area contributed by atoms with Crippen molar-refractivity contribution in [3.63, 3.8) is 0 Å². The van der Waals surface area contributed by atoms with Crippen LogP contribution < -0.4 is 0 Å². The van der Waals surface area contributed by atoms with Crippen molar-refractivity contribution in [2.75, 3.05) is 6.26 Å². The maximum absolute atomic E-state index is 11.9. The van der Waals surface area contributed by atoms with Gasteiger partial charge in [-0.1, -0.05) is 12.1 Å². The molecule has 16 heavy (non-hydrogen) atoms. The normalized spacial score (nSPS) is 13.5. The number of ketones is 1. The number of aryl methyl sites for hydroxylation is 2. The molecule has 0 aromatic heterocycles. The summed E-state index contributed by atoms with van der Waals surface area (Å²) < 4.78 is 22.6. The molecule has 88 valence electrons. The highest BCUT2D eigenvalue weighted by atomic mass is 32.2. The number of Topliss-reactive ketones (excluding diaryl/α,β-unsaturated/α-hetero) is 1. The van der Waals surface area contributed by atoms with E-state index in [2.05, 4.69) is 0 Å². The largest absolute Gasteiger partial charge is 0.293 e. The van der Waals surface area contributed by atoms with Gasteiger partial charge in [-0.15, -0.1) is 0 Å². The quantitative estimate of drug-likeness (QED) is 0.758. The zero-order chi connectivity index (χ0) is 12.5. The van der Waals surface area contributed by atoms with Crippen molar-refractivity contribution in [2.24, 2.45) is 0 Å². The first-order valence-corrected chi connectivity index (χ1v) is 6.99. The van der Waals surface area contributed by atoms with Gasteiger partial charge in [0.05, 0.1) is 0 Å². The molecule has 0 saturated heterocycles. The first-order valence-electron chi connectivity index (χ1n) is 5.04. The van der Waals surface area contributed by atoms with Crippen molar-refractivity contribution in [3.05, 3.63) is 34.9 Å². The fourth-order valence-electron chi connectivity index (χ4n) is 1.32. The molecule has 0 fully saturated rings. The molecule has 0 heterocycles. The minimum Gasteiger partial charge on any atom is -0.293 e. The van der Waals surface area contributed by atoms with E-state index in [1.165, 1.54) is 6.92 Å². The van der Waals surface area contributed by atoms with Gasteiger partial charge in [0.25, 0.3) is 0 Å². The molecular formula is C12H16O3S. The van der Waals surface area contributed by atoms with Crippen LogP contribution in [0.3, 0.4) is 0 Å². The molecular weight excluding hydrogens is 224 g/mol. The van der Waals surface area contributed by atoms with E-state index in [-0.39, 0.29) is 5.78 Å². The average molecular weight is 240 g/mol. The summed E-state index contributed by atoms with van der Waals surface area (Å²) in [5.74, 6) is -0.342. The highest BCUT2D eigenvalue weighted by molar-refractivity contribution is 7.92. The summed E-state index contributed by atoms with van der Waals surface area (Å²) in [5, 5.41) is -0.977. The van der Waals surface area contributed by atoms with Gasteiger partial charge in [-0.3, -0.25) is 4.79 Å². The van der Waals surface area contributed by atoms with Crippen molar-refractivity contribution in [1.82, 2.24) is 0 Å². The molecule has 0 saturated carbocycles. The standard InChI is InChI=1S/C12H16O3S/c1-8-5-6-11(7-9(8)2)12(13)10(3)16(4,14)15/h5-7,10H,1-4H3. The lowest BCUT2D eigenvalue weighted by atomic mass is 10.0. The Morgan fingerprint density at radius 1 is 1.19 bits per heavy atom. The van der Waals surface area contributed by atoms with E-state index in [1.807, 2.05) is 19.9 Å². The fraction of sp³-hybridized carbons (Fsp3) is 0.417. The first-order chi connectivity index (χ1) is 7.23. The third-order valence-electron chi connectivity index (χ3n) is 2.80. The van der Waals surface area contributed by atoms with E-state index in [0.717, 1.165) is 17.4 Å². The summed E-state index contributed by atoms with van der Waals surface area (Å²) in [6.45, 7) is 5.27. The summed E-state index contributed by atoms with van der Waals surface area (Å²) in [6, 6.07) is 5.24. The maximum atomic E-state index is 11.9. The predicted octanol–water partition coefficient (Wildman–Crippen LogP) is 1.92. The van der Waals surface area contributed by atoms with Gasteiger partial charge in [0, 0.05) is 11.8 Å². The predicted molar refractivity (Wildman–Crippen MR) is 64.6 cm³/mol. The van der Waals surface area contributed by atoms with Gasteiger partial charge in [0.15, 0.2) is 15.6 Å². The molecule has 3 nitrogen and oxygen atoms in total. The zero-order valence-corrected chi connectivity index (χ0v) is 10.8. The molecule has 0 amide bonds. The van der Waals surface area contributed by atoms with Crippen LogP contribution in [-0.2, 0) is 9.84 Å². The van der Waals surface area contributed by atoms with Crippen LogP contribution in [0.25, 0.3) is 0 Å². The molecule has 1 unspecified atom stereocenters. The van der Waals surface area contributed by atoms with Crippen molar-refractivity contribution >= 4 is 15.6 Å². The van der Waals surface area contributed by atoms with Gasteiger partial charge < -0.3 is 0 Å². The average Bonchev–Trinajstić information content (AvgIpc) is 2.18. The summed E-state index contributed by atoms with van der Waals surface area (Å²) in [6.07, 6.45) is 1.08. The molecule has 0 radical (unpaired) electrons. The van der Waals surface area contributed by atoms with Crippen LogP contribution in [0, 0.1) is 13.8 Å². The Labute approximate surface area is 96.4 Å². The third kappa shape index (κ3) is 2.70. The van der Waals surface area contributed by atoms with Crippen molar-refractivity contribution in [1.29, 1.82) is 0 Å². The Bertz CT molecular complexity index is 515. The van der Waals surface area contributed by atoms with Crippen LogP contribution in [-0.4, -0.2) is 25.7 Å². The Hall–Kier alpha value is -1.16. The van der Waals surface area contributed by atoms with E-state index in [4.69, 9.17) is 0 Å². The topological polar surface area (TPSA) is 51.2 Å². The van der Waals surface area contributed by atoms with Crippen molar-refractivity contribution in [2.45, 2.75) is 26.0 Å². The summed E-state index contributed by atoms with van der Waals surface area (Å²) in [5.41, 5.74) is 2.54. The fourth-order valence-corrected chi connectivity index (χ4v) is 1.85. The molecule has 1 aromatic rings. The molecule has 0 spiro atoms. The Morgan fingerprint density at radius 2 is 1.75 bits per heavy atom. The third-order valence-corrected chi connectivity index (χ3v) is 4.30. The number of rotatable bonds is 3. The van der Waals surface area contributed by atoms with Crippen LogP contribution in [0.4, 0.5) is 0 Å². The molecule has 0 bridgehead atoms. The minimum absolute atomic E-state index is 0.342. The minimum atomic E-state index is -3.32. The molecule has 0 N–H and O–H groups in total. The lowest BCUT2D eigenvalue weighted by Crippen LogP contribution is -2.26. The molecule has 0 aliphatic rings. The van der Waals surface area contributed by atoms with Crippen LogP contribution in [0.5, 0.6) is 0 Å². The number of hydrogen-bond donors (Lipinski definition) is 0. The van der Waals surface area contributed by atoms with E-state index in [1.54, 1.807) is 12.1 Å². The summed E-state index contributed by atoms with van der Waals surface area (Å²) >= 11 is 0. The second-order valence-corrected chi connectivity index (χ2v) is 6.50. The zero-order valence-electron chi connectivity index (χ0n) is 9.94. The molecule has 4 heteroatoms. The van der Waals surface area contributed by atoms with Crippen LogP contribution in [0.2, 0.25) is 0 Å². The van der Waals surface area contributed by atoms with Gasteiger partial charge in [0.2, 0.25) is 0 Å². The number of benzene rings is 1. The van der Waals surface area contributed by atoms with Gasteiger partial charge >= 0.3 is 0 Å². The number of carbonyl (C=O) groups is 1.